The van der Waals surface area contributed by atoms with Gasteiger partial charge in [0.1, 0.15) is 5.75 Å². The van der Waals surface area contributed by atoms with Gasteiger partial charge in [0.05, 0.1) is 23.7 Å². The summed E-state index contributed by atoms with van der Waals surface area (Å²) >= 11 is 1.25. The van der Waals surface area contributed by atoms with Crippen LogP contribution in [0.15, 0.2) is 58.9 Å². The van der Waals surface area contributed by atoms with E-state index in [0.717, 1.165) is 24.9 Å². The van der Waals surface area contributed by atoms with Crippen LogP contribution in [-0.2, 0) is 0 Å². The Hall–Kier alpha value is -3.72. The van der Waals surface area contributed by atoms with Crippen LogP contribution in [0.1, 0.15) is 42.5 Å². The van der Waals surface area contributed by atoms with Crippen LogP contribution >= 0.6 is 11.3 Å². The zero-order valence-corrected chi connectivity index (χ0v) is 19.7. The Labute approximate surface area is 200 Å². The van der Waals surface area contributed by atoms with Gasteiger partial charge in [0, 0.05) is 12.1 Å². The van der Waals surface area contributed by atoms with Crippen LogP contribution in [0.2, 0.25) is 0 Å². The molecule has 2 aromatic heterocycles. The van der Waals surface area contributed by atoms with E-state index < -0.39 is 0 Å². The Morgan fingerprint density at radius 1 is 1.21 bits per heavy atom. The molecule has 0 saturated carbocycles. The molecule has 9 heteroatoms. The van der Waals surface area contributed by atoms with Gasteiger partial charge in [-0.05, 0) is 62.4 Å². The summed E-state index contributed by atoms with van der Waals surface area (Å²) in [5, 5.41) is 11.5. The molecular weight excluding hydrogens is 450 g/mol. The van der Waals surface area contributed by atoms with Crippen LogP contribution in [0.3, 0.4) is 0 Å². The second kappa shape index (κ2) is 9.64. The number of aromatic nitrogens is 3. The molecule has 1 aliphatic carbocycles. The highest BCUT2D eigenvalue weighted by molar-refractivity contribution is 7.20. The summed E-state index contributed by atoms with van der Waals surface area (Å²) in [6, 6.07) is 12.4. The molecule has 0 bridgehead atoms. The van der Waals surface area contributed by atoms with Gasteiger partial charge in [-0.25, -0.2) is 4.98 Å². The van der Waals surface area contributed by atoms with Crippen LogP contribution in [0.25, 0.3) is 15.9 Å². The van der Waals surface area contributed by atoms with E-state index in [2.05, 4.69) is 26.8 Å². The van der Waals surface area contributed by atoms with Crippen molar-refractivity contribution in [1.29, 1.82) is 0 Å². The zero-order valence-electron chi connectivity index (χ0n) is 18.8. The number of carbonyl (C=O) groups is 1. The predicted molar refractivity (Wildman–Crippen MR) is 134 cm³/mol. The normalized spacial score (nSPS) is 13.6. The molecule has 0 atom stereocenters. The number of nitrogens with one attached hydrogen (secondary N) is 2. The van der Waals surface area contributed by atoms with E-state index in [1.54, 1.807) is 25.3 Å². The fraction of sp³-hybridized carbons (Fsp3) is 0.280. The molecule has 0 fully saturated rings. The van der Waals surface area contributed by atoms with Crippen molar-refractivity contribution in [1.82, 2.24) is 19.9 Å². The van der Waals surface area contributed by atoms with Gasteiger partial charge in [-0.1, -0.05) is 35.1 Å². The maximum Gasteiger partial charge on any atom is 0.283 e. The molecule has 34 heavy (non-hydrogen) atoms. The Morgan fingerprint density at radius 2 is 2.09 bits per heavy atom. The van der Waals surface area contributed by atoms with E-state index in [1.807, 2.05) is 24.3 Å². The van der Waals surface area contributed by atoms with Crippen molar-refractivity contribution in [2.24, 2.45) is 0 Å². The lowest BCUT2D eigenvalue weighted by atomic mass is 9.97. The van der Waals surface area contributed by atoms with E-state index in [1.165, 1.54) is 34.3 Å². The third kappa shape index (κ3) is 4.51. The molecule has 1 amide bonds. The summed E-state index contributed by atoms with van der Waals surface area (Å²) in [7, 11) is 1.60. The summed E-state index contributed by atoms with van der Waals surface area (Å²) < 4.78 is 6.65. The predicted octanol–water partition coefficient (Wildman–Crippen LogP) is 4.68. The maximum absolute atomic E-state index is 13.0. The van der Waals surface area contributed by atoms with Crippen molar-refractivity contribution in [3.63, 3.8) is 0 Å². The average Bonchev–Trinajstić information content (AvgIpc) is 3.27. The Kier molecular flexibility index (Phi) is 6.27. The van der Waals surface area contributed by atoms with Gasteiger partial charge in [0.15, 0.2) is 0 Å². The lowest BCUT2D eigenvalue weighted by molar-refractivity contribution is 0.0954. The molecule has 2 heterocycles. The van der Waals surface area contributed by atoms with E-state index in [-0.39, 0.29) is 11.5 Å². The number of nitrogens with zero attached hydrogens (tertiary/aromatic N) is 3. The smallest absolute Gasteiger partial charge is 0.283 e. The first-order valence-corrected chi connectivity index (χ1v) is 12.1. The van der Waals surface area contributed by atoms with Crippen LogP contribution in [0.5, 0.6) is 5.75 Å². The minimum Gasteiger partial charge on any atom is -0.495 e. The van der Waals surface area contributed by atoms with Crippen LogP contribution in [-0.4, -0.2) is 34.2 Å². The number of methoxy groups -OCH3 is 1. The lowest BCUT2D eigenvalue weighted by Gasteiger charge is -2.13. The Bertz CT molecular complexity index is 1460. The molecule has 174 valence electrons. The summed E-state index contributed by atoms with van der Waals surface area (Å²) in [5.41, 5.74) is 2.84. The largest absolute Gasteiger partial charge is 0.495 e. The number of hydrogen-bond acceptors (Lipinski definition) is 7. The molecule has 0 radical (unpaired) electrons. The second-order valence-electron chi connectivity index (χ2n) is 8.19. The standard InChI is InChI=1S/C25H25N5O3S/c1-33-21-10-6-5-9-19(21)27-24-29-30-23(32)18-12-11-17(15-20(18)28-25(30)34-24)22(31)26-14-13-16-7-3-2-4-8-16/h5-7,9-12,15H,2-4,8,13-14H2,1H3,(H,26,31)(H,27,29). The third-order valence-electron chi connectivity index (χ3n) is 5.92. The summed E-state index contributed by atoms with van der Waals surface area (Å²) in [4.78, 5) is 30.7. The van der Waals surface area contributed by atoms with E-state index in [9.17, 15) is 9.59 Å². The van der Waals surface area contributed by atoms with Crippen molar-refractivity contribution < 1.29 is 9.53 Å². The number of hydrogen-bond donors (Lipinski definition) is 2. The number of ether oxygens (including phenoxy) is 1. The van der Waals surface area contributed by atoms with Crippen molar-refractivity contribution in [3.05, 3.63) is 70.0 Å². The molecule has 5 rings (SSSR count). The summed E-state index contributed by atoms with van der Waals surface area (Å²) in [6.07, 6.45) is 7.91. The maximum atomic E-state index is 13.0. The molecule has 0 unspecified atom stereocenters. The Morgan fingerprint density at radius 3 is 2.91 bits per heavy atom. The van der Waals surface area contributed by atoms with Gasteiger partial charge in [0.25, 0.3) is 11.5 Å². The van der Waals surface area contributed by atoms with Gasteiger partial charge < -0.3 is 15.4 Å². The lowest BCUT2D eigenvalue weighted by Crippen LogP contribution is -2.25. The van der Waals surface area contributed by atoms with Crippen LogP contribution in [0.4, 0.5) is 10.8 Å². The number of benzene rings is 2. The highest BCUT2D eigenvalue weighted by atomic mass is 32.1. The first kappa shape index (κ1) is 22.1. The van der Waals surface area contributed by atoms with Crippen molar-refractivity contribution in [2.75, 3.05) is 19.0 Å². The van der Waals surface area contributed by atoms with Gasteiger partial charge >= 0.3 is 0 Å². The van der Waals surface area contributed by atoms with Crippen molar-refractivity contribution in [3.8, 4) is 5.75 Å². The molecule has 2 N–H and O–H groups in total. The molecule has 8 nitrogen and oxygen atoms in total. The molecule has 1 aliphatic rings. The van der Waals surface area contributed by atoms with Crippen molar-refractivity contribution >= 4 is 43.9 Å². The number of amides is 1. The van der Waals surface area contributed by atoms with Crippen molar-refractivity contribution in [2.45, 2.75) is 32.1 Å². The first-order valence-electron chi connectivity index (χ1n) is 11.3. The molecule has 0 saturated heterocycles. The molecule has 4 aromatic rings. The monoisotopic (exact) mass is 475 g/mol. The molecule has 0 spiro atoms. The molecular formula is C25H25N5O3S. The minimum atomic E-state index is -0.277. The number of allylic oxidation sites excluding steroid dienone is 1. The highest BCUT2D eigenvalue weighted by Crippen LogP contribution is 2.29. The fourth-order valence-electron chi connectivity index (χ4n) is 4.13. The van der Waals surface area contributed by atoms with Gasteiger partial charge in [-0.3, -0.25) is 9.59 Å². The number of para-hydroxylation sites is 2. The average molecular weight is 476 g/mol. The van der Waals surface area contributed by atoms with E-state index >= 15 is 0 Å². The number of fused-ring (bicyclic) bond motifs is 2. The quantitative estimate of drug-likeness (QED) is 0.377. The van der Waals surface area contributed by atoms with Gasteiger partial charge in [0.2, 0.25) is 10.1 Å². The SMILES string of the molecule is COc1ccccc1Nc1nn2c(=O)c3ccc(C(=O)NCCC4=CCCCC4)cc3nc2s1. The van der Waals surface area contributed by atoms with Gasteiger partial charge in [-0.2, -0.15) is 4.52 Å². The van der Waals surface area contributed by atoms with Gasteiger partial charge in [-0.15, -0.1) is 5.10 Å². The van der Waals surface area contributed by atoms with E-state index in [4.69, 9.17) is 4.74 Å². The van der Waals surface area contributed by atoms with E-state index in [0.29, 0.717) is 38.9 Å². The zero-order chi connectivity index (χ0) is 23.5. The fourth-order valence-corrected chi connectivity index (χ4v) is 4.94. The summed E-state index contributed by atoms with van der Waals surface area (Å²) in [5.74, 6) is 0.505. The van der Waals surface area contributed by atoms with Crippen LogP contribution in [0, 0.1) is 0 Å². The third-order valence-corrected chi connectivity index (χ3v) is 6.75. The summed E-state index contributed by atoms with van der Waals surface area (Å²) in [6.45, 7) is 0.602. The molecule has 0 aliphatic heterocycles. The highest BCUT2D eigenvalue weighted by Gasteiger charge is 2.15. The number of anilines is 2. The second-order valence-corrected chi connectivity index (χ2v) is 9.15. The first-order chi connectivity index (χ1) is 16.6. The topological polar surface area (TPSA) is 97.6 Å². The van der Waals surface area contributed by atoms with Crippen LogP contribution < -0.4 is 20.9 Å². The Balaban J connectivity index is 1.37. The number of rotatable bonds is 7. The minimum absolute atomic E-state index is 0.164. The number of carbonyl (C=O) groups excluding carboxylic acids is 1. The molecule has 2 aromatic carbocycles.